The minimum atomic E-state index is -3.48. The summed E-state index contributed by atoms with van der Waals surface area (Å²) in [5.74, 6) is 0. The van der Waals surface area contributed by atoms with E-state index in [0.717, 1.165) is 12.2 Å². The van der Waals surface area contributed by atoms with Gasteiger partial charge in [-0.05, 0) is 19.1 Å². The van der Waals surface area contributed by atoms with Crippen molar-refractivity contribution in [1.82, 2.24) is 14.3 Å². The van der Waals surface area contributed by atoms with E-state index in [1.165, 1.54) is 0 Å². The second kappa shape index (κ2) is 6.73. The average Bonchev–Trinajstić information content (AvgIpc) is 2.93. The van der Waals surface area contributed by atoms with E-state index < -0.39 is 10.0 Å². The molecule has 21 heavy (non-hydrogen) atoms. The Morgan fingerprint density at radius 2 is 2.00 bits per heavy atom. The van der Waals surface area contributed by atoms with Gasteiger partial charge < -0.3 is 9.88 Å². The van der Waals surface area contributed by atoms with E-state index in [2.05, 4.69) is 15.0 Å². The molecular weight excluding hydrogens is 288 g/mol. The van der Waals surface area contributed by atoms with Gasteiger partial charge in [0.25, 0.3) is 0 Å². The summed E-state index contributed by atoms with van der Waals surface area (Å²) in [4.78, 5) is 4.36. The highest BCUT2D eigenvalue weighted by Gasteiger charge is 2.16. The smallest absolute Gasteiger partial charge is 0.242 e. The second-order valence-corrected chi connectivity index (χ2v) is 6.26. The highest BCUT2D eigenvalue weighted by Crippen LogP contribution is 2.21. The van der Waals surface area contributed by atoms with E-state index in [0.29, 0.717) is 18.8 Å². The molecule has 0 fully saturated rings. The Morgan fingerprint density at radius 1 is 1.24 bits per heavy atom. The lowest BCUT2D eigenvalue weighted by atomic mass is 10.3. The number of anilines is 1. The van der Waals surface area contributed by atoms with Crippen molar-refractivity contribution in [3.05, 3.63) is 42.5 Å². The molecule has 0 aliphatic heterocycles. The molecule has 0 spiro atoms. The zero-order valence-electron chi connectivity index (χ0n) is 12.2. The van der Waals surface area contributed by atoms with E-state index >= 15 is 0 Å². The lowest BCUT2D eigenvalue weighted by molar-refractivity contribution is 0.584. The van der Waals surface area contributed by atoms with Crippen LogP contribution in [-0.4, -0.2) is 24.5 Å². The van der Waals surface area contributed by atoms with E-state index in [1.54, 1.807) is 37.6 Å². The summed E-state index contributed by atoms with van der Waals surface area (Å²) in [5, 5.41) is 3.17. The number of nitrogens with zero attached hydrogens (tertiary/aromatic N) is 2. The molecule has 0 aliphatic rings. The van der Waals surface area contributed by atoms with Crippen LogP contribution in [0, 0.1) is 0 Å². The van der Waals surface area contributed by atoms with E-state index in [4.69, 9.17) is 0 Å². The SMILES string of the molecule is CCNS(=O)(=O)c1ccccc1NCc1cncn1CC. The van der Waals surface area contributed by atoms with Crippen LogP contribution in [-0.2, 0) is 23.1 Å². The molecular formula is C14H20N4O2S. The molecule has 114 valence electrons. The Balaban J connectivity index is 2.21. The molecule has 0 saturated heterocycles. The molecule has 0 saturated carbocycles. The van der Waals surface area contributed by atoms with Crippen LogP contribution in [0.4, 0.5) is 5.69 Å². The van der Waals surface area contributed by atoms with Crippen LogP contribution in [0.25, 0.3) is 0 Å². The molecule has 0 amide bonds. The standard InChI is InChI=1S/C14H20N4O2S/c1-3-17-21(19,20)14-8-6-5-7-13(14)16-10-12-9-15-11-18(12)4-2/h5-9,11,16-17H,3-4,10H2,1-2H3. The largest absolute Gasteiger partial charge is 0.378 e. The molecule has 0 bridgehead atoms. The third-order valence-corrected chi connectivity index (χ3v) is 4.71. The summed E-state index contributed by atoms with van der Waals surface area (Å²) < 4.78 is 28.9. The number of aromatic nitrogens is 2. The molecule has 0 atom stereocenters. The van der Waals surface area contributed by atoms with Gasteiger partial charge in [-0.15, -0.1) is 0 Å². The molecule has 7 heteroatoms. The molecule has 0 aliphatic carbocycles. The zero-order chi connectivity index (χ0) is 15.3. The van der Waals surface area contributed by atoms with Crippen molar-refractivity contribution >= 4 is 15.7 Å². The van der Waals surface area contributed by atoms with Gasteiger partial charge in [-0.2, -0.15) is 0 Å². The van der Waals surface area contributed by atoms with Crippen LogP contribution in [0.3, 0.4) is 0 Å². The Kier molecular flexibility index (Phi) is 4.98. The minimum Gasteiger partial charge on any atom is -0.378 e. The Hall–Kier alpha value is -1.86. The third-order valence-electron chi connectivity index (χ3n) is 3.11. The molecule has 1 aromatic carbocycles. The summed E-state index contributed by atoms with van der Waals surface area (Å²) in [5.41, 5.74) is 1.59. The van der Waals surface area contributed by atoms with Gasteiger partial charge in [-0.3, -0.25) is 0 Å². The number of sulfonamides is 1. The number of hydrogen-bond acceptors (Lipinski definition) is 4. The first kappa shape index (κ1) is 15.5. The van der Waals surface area contributed by atoms with Crippen molar-refractivity contribution in [2.75, 3.05) is 11.9 Å². The Morgan fingerprint density at radius 3 is 2.71 bits per heavy atom. The van der Waals surface area contributed by atoms with Gasteiger partial charge in [0.15, 0.2) is 0 Å². The van der Waals surface area contributed by atoms with Crippen LogP contribution < -0.4 is 10.0 Å². The quantitative estimate of drug-likeness (QED) is 0.818. The number of hydrogen-bond donors (Lipinski definition) is 2. The highest BCUT2D eigenvalue weighted by atomic mass is 32.2. The molecule has 0 radical (unpaired) electrons. The van der Waals surface area contributed by atoms with Crippen molar-refractivity contribution in [3.8, 4) is 0 Å². The molecule has 0 unspecified atom stereocenters. The second-order valence-electron chi connectivity index (χ2n) is 4.52. The van der Waals surface area contributed by atoms with Gasteiger partial charge >= 0.3 is 0 Å². The predicted molar refractivity (Wildman–Crippen MR) is 82.5 cm³/mol. The average molecular weight is 308 g/mol. The van der Waals surface area contributed by atoms with Gasteiger partial charge in [0, 0.05) is 19.3 Å². The van der Waals surface area contributed by atoms with Gasteiger partial charge in [0.2, 0.25) is 10.0 Å². The number of imidazole rings is 1. The fourth-order valence-corrected chi connectivity index (χ4v) is 3.30. The molecule has 6 nitrogen and oxygen atoms in total. The fourth-order valence-electron chi connectivity index (χ4n) is 2.08. The van der Waals surface area contributed by atoms with Crippen molar-refractivity contribution in [3.63, 3.8) is 0 Å². The first-order valence-electron chi connectivity index (χ1n) is 6.90. The third kappa shape index (κ3) is 3.62. The summed E-state index contributed by atoms with van der Waals surface area (Å²) in [6.07, 6.45) is 3.54. The number of nitrogens with one attached hydrogen (secondary N) is 2. The van der Waals surface area contributed by atoms with Crippen molar-refractivity contribution < 1.29 is 8.42 Å². The minimum absolute atomic E-state index is 0.259. The van der Waals surface area contributed by atoms with Gasteiger partial charge in [-0.25, -0.2) is 18.1 Å². The summed E-state index contributed by atoms with van der Waals surface area (Å²) >= 11 is 0. The van der Waals surface area contributed by atoms with E-state index in [1.807, 2.05) is 17.6 Å². The highest BCUT2D eigenvalue weighted by molar-refractivity contribution is 7.89. The first-order chi connectivity index (χ1) is 10.1. The van der Waals surface area contributed by atoms with E-state index in [9.17, 15) is 8.42 Å². The monoisotopic (exact) mass is 308 g/mol. The summed E-state index contributed by atoms with van der Waals surface area (Å²) in [7, 11) is -3.48. The zero-order valence-corrected chi connectivity index (χ0v) is 13.0. The van der Waals surface area contributed by atoms with Gasteiger partial charge in [-0.1, -0.05) is 19.1 Å². The van der Waals surface area contributed by atoms with E-state index in [-0.39, 0.29) is 4.90 Å². The van der Waals surface area contributed by atoms with Crippen molar-refractivity contribution in [2.45, 2.75) is 31.8 Å². The number of para-hydroxylation sites is 1. The molecule has 2 N–H and O–H groups in total. The van der Waals surface area contributed by atoms with Crippen LogP contribution in [0.2, 0.25) is 0 Å². The Labute approximate surface area is 125 Å². The summed E-state index contributed by atoms with van der Waals surface area (Å²) in [6.45, 7) is 5.50. The maximum Gasteiger partial charge on any atom is 0.242 e. The van der Waals surface area contributed by atoms with Crippen LogP contribution in [0.15, 0.2) is 41.7 Å². The van der Waals surface area contributed by atoms with Crippen LogP contribution >= 0.6 is 0 Å². The maximum atomic E-state index is 12.2. The van der Waals surface area contributed by atoms with Crippen LogP contribution in [0.1, 0.15) is 19.5 Å². The molecule has 1 heterocycles. The van der Waals surface area contributed by atoms with Crippen molar-refractivity contribution in [1.29, 1.82) is 0 Å². The first-order valence-corrected chi connectivity index (χ1v) is 8.38. The van der Waals surface area contributed by atoms with Crippen LogP contribution in [0.5, 0.6) is 0 Å². The van der Waals surface area contributed by atoms with Crippen molar-refractivity contribution in [2.24, 2.45) is 0 Å². The topological polar surface area (TPSA) is 76.0 Å². The predicted octanol–water partition coefficient (Wildman–Crippen LogP) is 1.81. The molecule has 2 aromatic rings. The normalized spacial score (nSPS) is 11.5. The van der Waals surface area contributed by atoms with Gasteiger partial charge in [0.05, 0.1) is 24.3 Å². The lowest BCUT2D eigenvalue weighted by Gasteiger charge is -2.13. The number of aryl methyl sites for hydroxylation is 1. The summed E-state index contributed by atoms with van der Waals surface area (Å²) in [6, 6.07) is 6.88. The molecule has 2 rings (SSSR count). The number of rotatable bonds is 7. The fraction of sp³-hybridized carbons (Fsp3) is 0.357. The Bertz CT molecular complexity index is 695. The lowest BCUT2D eigenvalue weighted by Crippen LogP contribution is -2.24. The molecule has 1 aromatic heterocycles. The number of benzene rings is 1. The van der Waals surface area contributed by atoms with Gasteiger partial charge in [0.1, 0.15) is 4.90 Å². The maximum absolute atomic E-state index is 12.2.